The average molecular weight is 453 g/mol. The normalized spacial score (nSPS) is 11.4. The van der Waals surface area contributed by atoms with E-state index in [0.29, 0.717) is 11.4 Å². The smallest absolute Gasteiger partial charge is 0.241 e. The van der Waals surface area contributed by atoms with E-state index in [4.69, 9.17) is 0 Å². The molecule has 168 valence electrons. The lowest BCUT2D eigenvalue weighted by Crippen LogP contribution is -2.31. The molecule has 3 aromatic rings. The highest BCUT2D eigenvalue weighted by Crippen LogP contribution is 2.25. The van der Waals surface area contributed by atoms with Gasteiger partial charge in [0, 0.05) is 43.7 Å². The van der Waals surface area contributed by atoms with Gasteiger partial charge in [0.2, 0.25) is 15.9 Å². The van der Waals surface area contributed by atoms with Gasteiger partial charge >= 0.3 is 0 Å². The number of amides is 1. The Bertz CT molecular complexity index is 1200. The topological polar surface area (TPSA) is 101 Å². The summed E-state index contributed by atoms with van der Waals surface area (Å²) in [6.07, 6.45) is 5.14. The van der Waals surface area contributed by atoms with Crippen LogP contribution in [0.15, 0.2) is 53.8 Å². The Morgan fingerprint density at radius 2 is 1.59 bits per heavy atom. The number of nitrogens with one attached hydrogen (secondary N) is 2. The first-order chi connectivity index (χ1) is 15.2. The van der Waals surface area contributed by atoms with Crippen LogP contribution in [0.1, 0.15) is 34.2 Å². The zero-order valence-electron chi connectivity index (χ0n) is 18.8. The van der Waals surface area contributed by atoms with E-state index in [2.05, 4.69) is 20.0 Å². The van der Waals surface area contributed by atoms with Crippen molar-refractivity contribution in [2.24, 2.45) is 0 Å². The molecule has 0 saturated carbocycles. The van der Waals surface area contributed by atoms with Gasteiger partial charge in [0.1, 0.15) is 0 Å². The van der Waals surface area contributed by atoms with Gasteiger partial charge in [-0.05, 0) is 79.8 Å². The first kappa shape index (κ1) is 23.6. The minimum atomic E-state index is -3.71. The fourth-order valence-electron chi connectivity index (χ4n) is 3.51. The van der Waals surface area contributed by atoms with Crippen LogP contribution < -0.4 is 10.0 Å². The van der Waals surface area contributed by atoms with Gasteiger partial charge in [-0.2, -0.15) is 0 Å². The number of aryl methyl sites for hydroxylation is 2. The molecule has 0 atom stereocenters. The van der Waals surface area contributed by atoms with Crippen LogP contribution in [0.4, 0.5) is 0 Å². The molecule has 32 heavy (non-hydrogen) atoms. The molecule has 0 aliphatic heterocycles. The van der Waals surface area contributed by atoms with Crippen molar-refractivity contribution >= 4 is 15.9 Å². The Morgan fingerprint density at radius 1 is 0.938 bits per heavy atom. The second kappa shape index (κ2) is 10.0. The van der Waals surface area contributed by atoms with Crippen LogP contribution in [-0.2, 0) is 21.4 Å². The first-order valence-corrected chi connectivity index (χ1v) is 11.9. The molecule has 8 heteroatoms. The average Bonchev–Trinajstić information content (AvgIpc) is 2.77. The van der Waals surface area contributed by atoms with E-state index in [-0.39, 0.29) is 18.9 Å². The molecular formula is C24H28N4O3S. The minimum Gasteiger partial charge on any atom is -0.352 e. The van der Waals surface area contributed by atoms with Gasteiger partial charge in [0.05, 0.1) is 10.6 Å². The van der Waals surface area contributed by atoms with Crippen LogP contribution in [0.2, 0.25) is 0 Å². The lowest BCUT2D eigenvalue weighted by molar-refractivity contribution is -0.121. The number of sulfonamides is 1. The quantitative estimate of drug-likeness (QED) is 0.546. The summed E-state index contributed by atoms with van der Waals surface area (Å²) in [6.45, 7) is 7.76. The van der Waals surface area contributed by atoms with Crippen molar-refractivity contribution in [2.45, 2.75) is 45.6 Å². The van der Waals surface area contributed by atoms with Crippen molar-refractivity contribution in [1.82, 2.24) is 20.0 Å². The summed E-state index contributed by atoms with van der Waals surface area (Å²) in [5, 5.41) is 2.83. The van der Waals surface area contributed by atoms with Crippen molar-refractivity contribution < 1.29 is 13.2 Å². The molecule has 0 aliphatic carbocycles. The summed E-state index contributed by atoms with van der Waals surface area (Å²) in [7, 11) is -3.71. The summed E-state index contributed by atoms with van der Waals surface area (Å²) in [5.74, 6) is -0.233. The zero-order chi connectivity index (χ0) is 23.3. The van der Waals surface area contributed by atoms with Gasteiger partial charge < -0.3 is 5.32 Å². The molecule has 0 unspecified atom stereocenters. The number of nitrogens with zero attached hydrogens (tertiary/aromatic N) is 2. The highest BCUT2D eigenvalue weighted by atomic mass is 32.2. The molecule has 0 saturated heterocycles. The molecule has 0 radical (unpaired) electrons. The Hall–Kier alpha value is -3.10. The van der Waals surface area contributed by atoms with Gasteiger partial charge in [-0.15, -0.1) is 0 Å². The third-order valence-electron chi connectivity index (χ3n) is 5.50. The number of rotatable bonds is 8. The lowest BCUT2D eigenvalue weighted by atomic mass is 10.0. The summed E-state index contributed by atoms with van der Waals surface area (Å²) in [4.78, 5) is 20.9. The van der Waals surface area contributed by atoms with E-state index in [1.54, 1.807) is 32.4 Å². The Kier molecular flexibility index (Phi) is 7.37. The van der Waals surface area contributed by atoms with Crippen LogP contribution in [0.25, 0.3) is 11.3 Å². The second-order valence-electron chi connectivity index (χ2n) is 7.80. The van der Waals surface area contributed by atoms with Crippen LogP contribution in [0, 0.1) is 27.7 Å². The molecule has 2 N–H and O–H groups in total. The molecule has 0 aliphatic rings. The Morgan fingerprint density at radius 3 is 2.25 bits per heavy atom. The summed E-state index contributed by atoms with van der Waals surface area (Å²) >= 11 is 0. The van der Waals surface area contributed by atoms with E-state index < -0.39 is 10.0 Å². The molecular weight excluding hydrogens is 424 g/mol. The van der Waals surface area contributed by atoms with Crippen molar-refractivity contribution in [3.8, 4) is 11.3 Å². The van der Waals surface area contributed by atoms with Gasteiger partial charge in [-0.3, -0.25) is 14.8 Å². The van der Waals surface area contributed by atoms with E-state index in [1.807, 2.05) is 44.2 Å². The largest absolute Gasteiger partial charge is 0.352 e. The molecule has 3 rings (SSSR count). The molecule has 0 fully saturated rings. The van der Waals surface area contributed by atoms with Crippen molar-refractivity contribution in [3.05, 3.63) is 76.7 Å². The van der Waals surface area contributed by atoms with E-state index in [9.17, 15) is 13.2 Å². The number of benzene rings is 1. The predicted molar refractivity (Wildman–Crippen MR) is 125 cm³/mol. The predicted octanol–water partition coefficient (Wildman–Crippen LogP) is 3.36. The number of aromatic nitrogens is 2. The fraction of sp³-hybridized carbons (Fsp3) is 0.292. The van der Waals surface area contributed by atoms with Gasteiger partial charge in [-0.1, -0.05) is 6.07 Å². The number of hydrogen-bond acceptors (Lipinski definition) is 5. The van der Waals surface area contributed by atoms with E-state index in [0.717, 1.165) is 39.1 Å². The third-order valence-corrected chi connectivity index (χ3v) is 7.23. The van der Waals surface area contributed by atoms with Crippen molar-refractivity contribution in [3.63, 3.8) is 0 Å². The second-order valence-corrected chi connectivity index (χ2v) is 9.50. The number of pyridine rings is 2. The maximum absolute atomic E-state index is 12.9. The maximum atomic E-state index is 12.9. The summed E-state index contributed by atoms with van der Waals surface area (Å²) < 4.78 is 28.3. The van der Waals surface area contributed by atoms with Gasteiger partial charge in [0.15, 0.2) is 0 Å². The van der Waals surface area contributed by atoms with Gasteiger partial charge in [-0.25, -0.2) is 13.1 Å². The number of carbonyl (C=O) groups excluding carboxylic acids is 1. The zero-order valence-corrected chi connectivity index (χ0v) is 19.6. The van der Waals surface area contributed by atoms with Gasteiger partial charge in [0.25, 0.3) is 0 Å². The van der Waals surface area contributed by atoms with Crippen LogP contribution in [0.5, 0.6) is 0 Å². The Balaban J connectivity index is 1.56. The summed E-state index contributed by atoms with van der Waals surface area (Å²) in [5.41, 5.74) is 5.96. The SMILES string of the molecule is Cc1cc(C)c(C)c(S(=O)(=O)NCCC(=O)NCc2ccnc(-c3ccncc3)c2)c1C. The van der Waals surface area contributed by atoms with Crippen molar-refractivity contribution in [1.29, 1.82) is 0 Å². The highest BCUT2D eigenvalue weighted by Gasteiger charge is 2.21. The monoisotopic (exact) mass is 452 g/mol. The fourth-order valence-corrected chi connectivity index (χ4v) is 5.15. The third kappa shape index (κ3) is 5.57. The van der Waals surface area contributed by atoms with Crippen LogP contribution >= 0.6 is 0 Å². The standard InChI is InChI=1S/C24H28N4O3S/c1-16-13-17(2)19(4)24(18(16)3)32(30,31)28-12-8-23(29)27-15-20-5-11-26-22(14-20)21-6-9-25-10-7-21/h5-7,9-11,13-14,28H,8,12,15H2,1-4H3,(H,27,29). The molecule has 0 bridgehead atoms. The number of hydrogen-bond donors (Lipinski definition) is 2. The van der Waals surface area contributed by atoms with E-state index in [1.165, 1.54) is 0 Å². The molecule has 2 heterocycles. The molecule has 0 spiro atoms. The highest BCUT2D eigenvalue weighted by molar-refractivity contribution is 7.89. The molecule has 1 amide bonds. The maximum Gasteiger partial charge on any atom is 0.241 e. The molecule has 7 nitrogen and oxygen atoms in total. The minimum absolute atomic E-state index is 0.0264. The Labute approximate surface area is 189 Å². The van der Waals surface area contributed by atoms with Crippen molar-refractivity contribution in [2.75, 3.05) is 6.54 Å². The lowest BCUT2D eigenvalue weighted by Gasteiger charge is -2.16. The number of carbonyl (C=O) groups is 1. The van der Waals surface area contributed by atoms with Crippen LogP contribution in [0.3, 0.4) is 0 Å². The van der Waals surface area contributed by atoms with Crippen LogP contribution in [-0.4, -0.2) is 30.8 Å². The van der Waals surface area contributed by atoms with E-state index >= 15 is 0 Å². The summed E-state index contributed by atoms with van der Waals surface area (Å²) in [6, 6.07) is 9.46. The molecule has 2 aromatic heterocycles. The molecule has 1 aromatic carbocycles. The first-order valence-electron chi connectivity index (χ1n) is 10.4.